The molecule has 8 nitrogen and oxygen atoms in total. The maximum Gasteiger partial charge on any atom is 0.256 e. The monoisotopic (exact) mass is 538 g/mol. The number of anilines is 1. The lowest BCUT2D eigenvalue weighted by molar-refractivity contribution is -0.117. The van der Waals surface area contributed by atoms with Crippen LogP contribution in [0.1, 0.15) is 47.6 Å². The first-order valence-electron chi connectivity index (χ1n) is 13.3. The van der Waals surface area contributed by atoms with Crippen LogP contribution in [0.3, 0.4) is 0 Å². The molecule has 1 saturated carbocycles. The summed E-state index contributed by atoms with van der Waals surface area (Å²) in [7, 11) is 1.97. The highest BCUT2D eigenvalue weighted by Gasteiger charge is 2.32. The number of halogens is 1. The molecule has 0 spiro atoms. The topological polar surface area (TPSA) is 84.5 Å². The minimum Gasteiger partial charge on any atom is -0.350 e. The SMILES string of the molecule is Cn1cc(C(=O)N2CCC[C@H]2c2cccc(Cl)c2)c2cc(-c3ccn4nc(NC(=O)C5CC5)nc4c3)ccc21. The third-order valence-electron chi connectivity index (χ3n) is 7.82. The molecular weight excluding hydrogens is 512 g/mol. The molecule has 196 valence electrons. The summed E-state index contributed by atoms with van der Waals surface area (Å²) >= 11 is 6.26. The predicted molar refractivity (Wildman–Crippen MR) is 151 cm³/mol. The first kappa shape index (κ1) is 23.9. The van der Waals surface area contributed by atoms with Crippen LogP contribution in [0.5, 0.6) is 0 Å². The maximum absolute atomic E-state index is 13.9. The van der Waals surface area contributed by atoms with Gasteiger partial charge in [0.25, 0.3) is 5.91 Å². The lowest BCUT2D eigenvalue weighted by atomic mass is 10.0. The molecule has 1 saturated heterocycles. The van der Waals surface area contributed by atoms with E-state index < -0.39 is 0 Å². The Hall–Kier alpha value is -4.17. The van der Waals surface area contributed by atoms with Gasteiger partial charge in [-0.15, -0.1) is 5.10 Å². The number of hydrogen-bond acceptors (Lipinski definition) is 4. The Balaban J connectivity index is 1.22. The van der Waals surface area contributed by atoms with E-state index in [9.17, 15) is 9.59 Å². The number of benzene rings is 2. The van der Waals surface area contributed by atoms with Gasteiger partial charge in [-0.3, -0.25) is 14.9 Å². The van der Waals surface area contributed by atoms with Gasteiger partial charge in [0.05, 0.1) is 11.6 Å². The molecule has 5 aromatic rings. The van der Waals surface area contributed by atoms with E-state index in [0.717, 1.165) is 59.8 Å². The van der Waals surface area contributed by atoms with Crippen molar-refractivity contribution in [3.8, 4) is 11.1 Å². The predicted octanol–water partition coefficient (Wildman–Crippen LogP) is 5.87. The number of fused-ring (bicyclic) bond motifs is 2. The molecule has 39 heavy (non-hydrogen) atoms. The largest absolute Gasteiger partial charge is 0.350 e. The van der Waals surface area contributed by atoms with Crippen LogP contribution in [0.15, 0.2) is 67.0 Å². The summed E-state index contributed by atoms with van der Waals surface area (Å²) < 4.78 is 3.67. The van der Waals surface area contributed by atoms with E-state index in [0.29, 0.717) is 22.2 Å². The van der Waals surface area contributed by atoms with E-state index in [1.807, 2.05) is 65.3 Å². The number of aromatic nitrogens is 4. The summed E-state index contributed by atoms with van der Waals surface area (Å²) in [5.41, 5.74) is 5.33. The number of carbonyl (C=O) groups is 2. The summed E-state index contributed by atoms with van der Waals surface area (Å²) in [5, 5.41) is 8.79. The van der Waals surface area contributed by atoms with Gasteiger partial charge >= 0.3 is 0 Å². The molecule has 2 aromatic carbocycles. The van der Waals surface area contributed by atoms with Gasteiger partial charge in [0.1, 0.15) is 0 Å². The average Bonchev–Trinajstić information content (AvgIpc) is 3.39. The molecule has 4 heterocycles. The van der Waals surface area contributed by atoms with Gasteiger partial charge in [0, 0.05) is 47.8 Å². The molecule has 0 radical (unpaired) electrons. The fraction of sp³-hybridized carbons (Fsp3) is 0.267. The number of likely N-dealkylation sites (tertiary alicyclic amines) is 1. The van der Waals surface area contributed by atoms with Gasteiger partial charge < -0.3 is 9.47 Å². The van der Waals surface area contributed by atoms with Crippen LogP contribution in [0.2, 0.25) is 5.02 Å². The quantitative estimate of drug-likeness (QED) is 0.303. The summed E-state index contributed by atoms with van der Waals surface area (Å²) in [6.07, 6.45) is 7.50. The number of pyridine rings is 1. The number of aryl methyl sites for hydroxylation is 1. The Morgan fingerprint density at radius 1 is 1.03 bits per heavy atom. The standard InChI is InChI=1S/C30H27ClN6O2/c1-35-17-24(29(39)36-12-3-6-25(36)21-4-2-5-22(31)14-21)23-15-19(9-10-26(23)35)20-11-13-37-27(16-20)32-30(34-37)33-28(38)18-7-8-18/h2,4-5,9-11,13-18,25H,3,6-8,12H2,1H3,(H,33,34,38)/t25-/m0/s1. The van der Waals surface area contributed by atoms with Crippen LogP contribution in [0.4, 0.5) is 5.95 Å². The number of rotatable bonds is 5. The zero-order valence-corrected chi connectivity index (χ0v) is 22.2. The van der Waals surface area contributed by atoms with E-state index in [2.05, 4.69) is 33.6 Å². The fourth-order valence-corrected chi connectivity index (χ4v) is 5.84. The smallest absolute Gasteiger partial charge is 0.256 e. The van der Waals surface area contributed by atoms with Crippen LogP contribution in [-0.2, 0) is 11.8 Å². The lowest BCUT2D eigenvalue weighted by Gasteiger charge is -2.25. The molecule has 1 N–H and O–H groups in total. The Labute approximate surface area is 230 Å². The molecule has 0 unspecified atom stereocenters. The summed E-state index contributed by atoms with van der Waals surface area (Å²) in [4.78, 5) is 32.5. The third-order valence-corrected chi connectivity index (χ3v) is 8.06. The first-order chi connectivity index (χ1) is 18.9. The van der Waals surface area contributed by atoms with Crippen molar-refractivity contribution < 1.29 is 9.59 Å². The summed E-state index contributed by atoms with van der Waals surface area (Å²) in [5.74, 6) is 0.413. The van der Waals surface area contributed by atoms with E-state index >= 15 is 0 Å². The van der Waals surface area contributed by atoms with Crippen molar-refractivity contribution in [2.75, 3.05) is 11.9 Å². The van der Waals surface area contributed by atoms with Gasteiger partial charge in [0.15, 0.2) is 5.65 Å². The minimum absolute atomic E-state index is 0.0135. The second kappa shape index (κ2) is 9.24. The van der Waals surface area contributed by atoms with E-state index in [-0.39, 0.29) is 23.8 Å². The molecule has 7 rings (SSSR count). The van der Waals surface area contributed by atoms with Crippen molar-refractivity contribution in [2.24, 2.45) is 13.0 Å². The Bertz CT molecular complexity index is 1770. The molecule has 1 aliphatic heterocycles. The van der Waals surface area contributed by atoms with Crippen LogP contribution in [0.25, 0.3) is 27.7 Å². The van der Waals surface area contributed by atoms with Gasteiger partial charge in [-0.25, -0.2) is 4.52 Å². The van der Waals surface area contributed by atoms with Crippen LogP contribution in [-0.4, -0.2) is 42.4 Å². The first-order valence-corrected chi connectivity index (χ1v) is 13.7. The molecule has 2 aliphatic rings. The zero-order chi connectivity index (χ0) is 26.7. The molecule has 9 heteroatoms. The molecule has 2 amide bonds. The van der Waals surface area contributed by atoms with Gasteiger partial charge in [-0.1, -0.05) is 29.8 Å². The highest BCUT2D eigenvalue weighted by molar-refractivity contribution is 6.30. The van der Waals surface area contributed by atoms with Gasteiger partial charge in [-0.2, -0.15) is 4.98 Å². The highest BCUT2D eigenvalue weighted by Crippen LogP contribution is 2.36. The number of carbonyl (C=O) groups excluding carboxylic acids is 2. The van der Waals surface area contributed by atoms with Gasteiger partial charge in [-0.05, 0) is 78.8 Å². The normalized spacial score (nSPS) is 17.3. The van der Waals surface area contributed by atoms with Crippen LogP contribution in [0, 0.1) is 5.92 Å². The number of amides is 2. The Morgan fingerprint density at radius 3 is 2.69 bits per heavy atom. The molecule has 1 aliphatic carbocycles. The van der Waals surface area contributed by atoms with E-state index in [1.165, 1.54) is 0 Å². The van der Waals surface area contributed by atoms with Crippen LogP contribution < -0.4 is 5.32 Å². The van der Waals surface area contributed by atoms with Crippen molar-refractivity contribution in [3.63, 3.8) is 0 Å². The van der Waals surface area contributed by atoms with Crippen molar-refractivity contribution >= 4 is 45.9 Å². The molecule has 3 aromatic heterocycles. The van der Waals surface area contributed by atoms with Crippen molar-refractivity contribution in [1.82, 2.24) is 24.1 Å². The molecule has 1 atom stereocenters. The molecule has 2 fully saturated rings. The number of nitrogens with one attached hydrogen (secondary N) is 1. The minimum atomic E-state index is -0.0199. The maximum atomic E-state index is 13.9. The highest BCUT2D eigenvalue weighted by atomic mass is 35.5. The Kier molecular flexibility index (Phi) is 5.66. The van der Waals surface area contributed by atoms with E-state index in [1.54, 1.807) is 4.52 Å². The Morgan fingerprint density at radius 2 is 1.87 bits per heavy atom. The number of nitrogens with zero attached hydrogens (tertiary/aromatic N) is 5. The van der Waals surface area contributed by atoms with Crippen LogP contribution >= 0.6 is 11.6 Å². The van der Waals surface area contributed by atoms with E-state index in [4.69, 9.17) is 11.6 Å². The van der Waals surface area contributed by atoms with Crippen molar-refractivity contribution in [1.29, 1.82) is 0 Å². The van der Waals surface area contributed by atoms with Crippen molar-refractivity contribution in [2.45, 2.75) is 31.7 Å². The van der Waals surface area contributed by atoms with Gasteiger partial charge in [0.2, 0.25) is 11.9 Å². The second-order valence-corrected chi connectivity index (χ2v) is 11.0. The van der Waals surface area contributed by atoms with Crippen molar-refractivity contribution in [3.05, 3.63) is 83.1 Å². The third kappa shape index (κ3) is 4.34. The summed E-state index contributed by atoms with van der Waals surface area (Å²) in [6, 6.07) is 17.9. The average molecular weight is 539 g/mol. The second-order valence-electron chi connectivity index (χ2n) is 10.5. The lowest BCUT2D eigenvalue weighted by Crippen LogP contribution is -2.30. The molecular formula is C30H27ClN6O2. The fourth-order valence-electron chi connectivity index (χ4n) is 5.64. The zero-order valence-electron chi connectivity index (χ0n) is 21.5. The summed E-state index contributed by atoms with van der Waals surface area (Å²) in [6.45, 7) is 0.718. The molecule has 0 bridgehead atoms. The number of hydrogen-bond donors (Lipinski definition) is 1.